The molecule has 0 amide bonds. The van der Waals surface area contributed by atoms with Gasteiger partial charge in [0.15, 0.2) is 0 Å². The number of sulfonamides is 1. The maximum absolute atomic E-state index is 11.8. The number of hydrogen-bond donors (Lipinski definition) is 1. The van der Waals surface area contributed by atoms with E-state index in [1.807, 2.05) is 25.1 Å². The second-order valence-electron chi connectivity index (χ2n) is 4.11. The van der Waals surface area contributed by atoms with Gasteiger partial charge < -0.3 is 4.74 Å². The highest BCUT2D eigenvalue weighted by Crippen LogP contribution is 2.14. The number of rotatable bonds is 9. The van der Waals surface area contributed by atoms with E-state index in [1.54, 1.807) is 6.07 Å². The van der Waals surface area contributed by atoms with Gasteiger partial charge >= 0.3 is 0 Å². The lowest BCUT2D eigenvalue weighted by molar-refractivity contribution is 0.163. The molecule has 0 saturated heterocycles. The largest absolute Gasteiger partial charge is 0.381 e. The summed E-state index contributed by atoms with van der Waals surface area (Å²) in [7, 11) is -3.33. The predicted molar refractivity (Wildman–Crippen MR) is 82.5 cm³/mol. The summed E-state index contributed by atoms with van der Waals surface area (Å²) in [5, 5.41) is 0.942. The molecule has 0 unspecified atom stereocenters. The van der Waals surface area contributed by atoms with Crippen molar-refractivity contribution in [1.29, 1.82) is 0 Å². The third-order valence-electron chi connectivity index (χ3n) is 2.50. The van der Waals surface area contributed by atoms with Crippen LogP contribution >= 0.6 is 15.9 Å². The second kappa shape index (κ2) is 8.55. The Kier molecular flexibility index (Phi) is 7.41. The molecule has 0 heterocycles. The highest BCUT2D eigenvalue weighted by Gasteiger charge is 2.10. The molecule has 19 heavy (non-hydrogen) atoms. The molecule has 108 valence electrons. The molecule has 0 saturated carbocycles. The Morgan fingerprint density at radius 3 is 2.84 bits per heavy atom. The van der Waals surface area contributed by atoms with Gasteiger partial charge in [0.2, 0.25) is 10.0 Å². The molecule has 0 aliphatic heterocycles. The standard InChI is InChI=1S/C13H20BrNO3S/c1-2-18-9-10-19(16,17)15-13-7-3-5-12(11-13)6-4-8-14/h3,5,7,11,15H,2,4,6,8-10H2,1H3. The molecular formula is C13H20BrNO3S. The van der Waals surface area contributed by atoms with Crippen molar-refractivity contribution >= 4 is 31.6 Å². The minimum Gasteiger partial charge on any atom is -0.381 e. The molecule has 0 spiro atoms. The van der Waals surface area contributed by atoms with Crippen molar-refractivity contribution in [3.63, 3.8) is 0 Å². The molecule has 6 heteroatoms. The molecule has 0 radical (unpaired) electrons. The van der Waals surface area contributed by atoms with Crippen LogP contribution in [0.1, 0.15) is 18.9 Å². The van der Waals surface area contributed by atoms with Crippen LogP contribution in [0.15, 0.2) is 24.3 Å². The zero-order valence-corrected chi connectivity index (χ0v) is 13.5. The highest BCUT2D eigenvalue weighted by molar-refractivity contribution is 9.09. The average molecular weight is 350 g/mol. The quantitative estimate of drug-likeness (QED) is 0.550. The van der Waals surface area contributed by atoms with Crippen molar-refractivity contribution in [2.24, 2.45) is 0 Å². The van der Waals surface area contributed by atoms with Crippen LogP contribution in [0.3, 0.4) is 0 Å². The van der Waals surface area contributed by atoms with Crippen molar-refractivity contribution in [3.05, 3.63) is 29.8 Å². The summed E-state index contributed by atoms with van der Waals surface area (Å²) >= 11 is 3.38. The number of anilines is 1. The lowest BCUT2D eigenvalue weighted by atomic mass is 10.1. The van der Waals surface area contributed by atoms with Gasteiger partial charge in [-0.15, -0.1) is 0 Å². The molecule has 0 aliphatic rings. The van der Waals surface area contributed by atoms with E-state index in [-0.39, 0.29) is 12.4 Å². The molecule has 0 aliphatic carbocycles. The van der Waals surface area contributed by atoms with Crippen molar-refractivity contribution in [2.75, 3.05) is 29.0 Å². The van der Waals surface area contributed by atoms with E-state index in [4.69, 9.17) is 4.74 Å². The minimum atomic E-state index is -3.33. The van der Waals surface area contributed by atoms with E-state index in [0.29, 0.717) is 12.3 Å². The van der Waals surface area contributed by atoms with E-state index >= 15 is 0 Å². The van der Waals surface area contributed by atoms with Crippen LogP contribution in [0.25, 0.3) is 0 Å². The first-order chi connectivity index (χ1) is 9.07. The first-order valence-electron chi connectivity index (χ1n) is 6.30. The van der Waals surface area contributed by atoms with Gasteiger partial charge in [0, 0.05) is 17.6 Å². The fraction of sp³-hybridized carbons (Fsp3) is 0.538. The number of benzene rings is 1. The third-order valence-corrected chi connectivity index (χ3v) is 4.31. The number of ether oxygens (including phenoxy) is 1. The van der Waals surface area contributed by atoms with Gasteiger partial charge in [0.25, 0.3) is 0 Å². The number of halogens is 1. The Bertz CT molecular complexity index is 477. The lowest BCUT2D eigenvalue weighted by Gasteiger charge is -2.09. The number of alkyl halides is 1. The predicted octanol–water partition coefficient (Wildman–Crippen LogP) is 2.79. The zero-order chi connectivity index (χ0) is 14.1. The molecule has 0 bridgehead atoms. The Morgan fingerprint density at radius 2 is 2.16 bits per heavy atom. The van der Waals surface area contributed by atoms with Gasteiger partial charge in [0.05, 0.1) is 12.4 Å². The monoisotopic (exact) mass is 349 g/mol. The lowest BCUT2D eigenvalue weighted by Crippen LogP contribution is -2.20. The molecule has 0 fully saturated rings. The molecule has 1 N–H and O–H groups in total. The van der Waals surface area contributed by atoms with E-state index in [0.717, 1.165) is 23.7 Å². The minimum absolute atomic E-state index is 0.0214. The van der Waals surface area contributed by atoms with Crippen molar-refractivity contribution in [2.45, 2.75) is 19.8 Å². The van der Waals surface area contributed by atoms with E-state index in [2.05, 4.69) is 20.7 Å². The number of aryl methyl sites for hydroxylation is 1. The fourth-order valence-corrected chi connectivity index (χ4v) is 2.81. The van der Waals surface area contributed by atoms with Crippen molar-refractivity contribution in [3.8, 4) is 0 Å². The fourth-order valence-electron chi connectivity index (χ4n) is 1.60. The van der Waals surface area contributed by atoms with E-state index in [1.165, 1.54) is 0 Å². The molecule has 0 atom stereocenters. The van der Waals surface area contributed by atoms with Crippen LogP contribution < -0.4 is 4.72 Å². The summed E-state index contributed by atoms with van der Waals surface area (Å²) in [5.74, 6) is -0.0214. The second-order valence-corrected chi connectivity index (χ2v) is 6.75. The summed E-state index contributed by atoms with van der Waals surface area (Å²) in [6.07, 6.45) is 1.96. The van der Waals surface area contributed by atoms with Crippen LogP contribution in [0, 0.1) is 0 Å². The van der Waals surface area contributed by atoms with Crippen LogP contribution in [0.2, 0.25) is 0 Å². The Labute approximate surface area is 123 Å². The first-order valence-corrected chi connectivity index (χ1v) is 9.08. The molecule has 1 rings (SSSR count). The van der Waals surface area contributed by atoms with E-state index in [9.17, 15) is 8.42 Å². The first kappa shape index (κ1) is 16.5. The number of nitrogens with one attached hydrogen (secondary N) is 1. The molecule has 1 aromatic rings. The summed E-state index contributed by atoms with van der Waals surface area (Å²) in [6.45, 7) is 2.58. The Hall–Kier alpha value is -0.590. The van der Waals surface area contributed by atoms with Crippen LogP contribution in [-0.2, 0) is 21.2 Å². The topological polar surface area (TPSA) is 55.4 Å². The summed E-state index contributed by atoms with van der Waals surface area (Å²) < 4.78 is 31.2. The van der Waals surface area contributed by atoms with Crippen LogP contribution in [-0.4, -0.2) is 32.7 Å². The Balaban J connectivity index is 2.60. The molecular weight excluding hydrogens is 330 g/mol. The van der Waals surface area contributed by atoms with Gasteiger partial charge in [-0.1, -0.05) is 28.1 Å². The summed E-state index contributed by atoms with van der Waals surface area (Å²) in [6, 6.07) is 7.50. The molecule has 1 aromatic carbocycles. The van der Waals surface area contributed by atoms with Gasteiger partial charge in [-0.3, -0.25) is 4.72 Å². The molecule has 4 nitrogen and oxygen atoms in total. The van der Waals surface area contributed by atoms with Gasteiger partial charge in [-0.05, 0) is 37.5 Å². The summed E-state index contributed by atoms with van der Waals surface area (Å²) in [4.78, 5) is 0. The zero-order valence-electron chi connectivity index (χ0n) is 11.1. The third kappa shape index (κ3) is 6.94. The SMILES string of the molecule is CCOCCS(=O)(=O)Nc1cccc(CCCBr)c1. The maximum atomic E-state index is 11.8. The van der Waals surface area contributed by atoms with Gasteiger partial charge in [0.1, 0.15) is 0 Å². The average Bonchev–Trinajstić information content (AvgIpc) is 2.36. The van der Waals surface area contributed by atoms with Crippen molar-refractivity contribution < 1.29 is 13.2 Å². The Morgan fingerprint density at radius 1 is 1.37 bits per heavy atom. The van der Waals surface area contributed by atoms with E-state index < -0.39 is 10.0 Å². The molecule has 0 aromatic heterocycles. The summed E-state index contributed by atoms with van der Waals surface area (Å²) in [5.41, 5.74) is 1.74. The van der Waals surface area contributed by atoms with Gasteiger partial charge in [-0.25, -0.2) is 8.42 Å². The smallest absolute Gasteiger partial charge is 0.234 e. The van der Waals surface area contributed by atoms with Crippen LogP contribution in [0.5, 0.6) is 0 Å². The van der Waals surface area contributed by atoms with Crippen molar-refractivity contribution in [1.82, 2.24) is 0 Å². The maximum Gasteiger partial charge on any atom is 0.234 e. The van der Waals surface area contributed by atoms with Gasteiger partial charge in [-0.2, -0.15) is 0 Å². The highest BCUT2D eigenvalue weighted by atomic mass is 79.9. The number of hydrogen-bond acceptors (Lipinski definition) is 3. The van der Waals surface area contributed by atoms with Crippen LogP contribution in [0.4, 0.5) is 5.69 Å². The normalized spacial score (nSPS) is 11.5.